The Hall–Kier alpha value is -2.40. The number of amides is 1. The maximum atomic E-state index is 12.3. The maximum Gasteiger partial charge on any atom is 0.328 e. The van der Waals surface area contributed by atoms with Crippen LogP contribution >= 0.6 is 15.9 Å². The molecule has 0 bridgehead atoms. The third-order valence-corrected chi connectivity index (χ3v) is 3.74. The third kappa shape index (κ3) is 4.05. The first-order chi connectivity index (χ1) is 10.5. The lowest BCUT2D eigenvalue weighted by molar-refractivity contribution is -0.131. The molecule has 0 aliphatic heterocycles. The van der Waals surface area contributed by atoms with Crippen molar-refractivity contribution in [3.8, 4) is 0 Å². The number of hydrogen-bond donors (Lipinski definition) is 2. The molecule has 0 aliphatic carbocycles. The number of benzene rings is 2. The summed E-state index contributed by atoms with van der Waals surface area (Å²) in [5, 5.41) is 11.5. The molecule has 5 heteroatoms. The number of rotatable bonds is 4. The lowest BCUT2D eigenvalue weighted by atomic mass is 10.1. The van der Waals surface area contributed by atoms with E-state index in [4.69, 9.17) is 5.11 Å². The molecule has 0 heterocycles. The van der Waals surface area contributed by atoms with Gasteiger partial charge in [-0.3, -0.25) is 4.79 Å². The largest absolute Gasteiger partial charge is 0.478 e. The first-order valence-corrected chi connectivity index (χ1v) is 7.34. The third-order valence-electron chi connectivity index (χ3n) is 3.05. The van der Waals surface area contributed by atoms with Crippen molar-refractivity contribution in [1.29, 1.82) is 0 Å². The predicted octanol–water partition coefficient (Wildman–Crippen LogP) is 4.11. The Morgan fingerprint density at radius 1 is 1.18 bits per heavy atom. The van der Waals surface area contributed by atoms with Gasteiger partial charge in [-0.05, 0) is 58.3 Å². The van der Waals surface area contributed by atoms with E-state index in [0.717, 1.165) is 16.1 Å². The Balaban J connectivity index is 2.25. The number of carbonyl (C=O) groups excluding carboxylic acids is 1. The minimum atomic E-state index is -1.02. The Bertz CT molecular complexity index is 753. The van der Waals surface area contributed by atoms with E-state index in [1.165, 1.54) is 6.08 Å². The van der Waals surface area contributed by atoms with Gasteiger partial charge in [-0.2, -0.15) is 0 Å². The second kappa shape index (κ2) is 7.04. The molecule has 2 aromatic rings. The summed E-state index contributed by atoms with van der Waals surface area (Å²) in [5.41, 5.74) is 2.76. The van der Waals surface area contributed by atoms with E-state index in [1.807, 2.05) is 25.1 Å². The minimum Gasteiger partial charge on any atom is -0.478 e. The van der Waals surface area contributed by atoms with E-state index in [1.54, 1.807) is 24.3 Å². The van der Waals surface area contributed by atoms with Crippen LogP contribution in [0.2, 0.25) is 0 Å². The fourth-order valence-corrected chi connectivity index (χ4v) is 2.27. The van der Waals surface area contributed by atoms with Gasteiger partial charge in [0.25, 0.3) is 5.91 Å². The van der Waals surface area contributed by atoms with Crippen LogP contribution in [0.15, 0.2) is 53.0 Å². The van der Waals surface area contributed by atoms with Crippen LogP contribution in [-0.4, -0.2) is 17.0 Å². The number of carboxylic acid groups (broad SMARTS) is 1. The molecule has 0 atom stereocenters. The summed E-state index contributed by atoms with van der Waals surface area (Å²) in [5.74, 6) is -1.23. The molecular formula is C17H14BrNO3. The molecule has 0 unspecified atom stereocenters. The molecule has 2 aromatic carbocycles. The van der Waals surface area contributed by atoms with Crippen molar-refractivity contribution < 1.29 is 14.7 Å². The van der Waals surface area contributed by atoms with Crippen molar-refractivity contribution in [2.24, 2.45) is 0 Å². The quantitative estimate of drug-likeness (QED) is 0.807. The van der Waals surface area contributed by atoms with Gasteiger partial charge < -0.3 is 10.4 Å². The molecular weight excluding hydrogens is 346 g/mol. The van der Waals surface area contributed by atoms with Gasteiger partial charge in [0.1, 0.15) is 0 Å². The summed E-state index contributed by atoms with van der Waals surface area (Å²) in [6.45, 7) is 1.87. The highest BCUT2D eigenvalue weighted by Crippen LogP contribution is 2.25. The van der Waals surface area contributed by atoms with Crippen LogP contribution in [0.1, 0.15) is 21.5 Å². The van der Waals surface area contributed by atoms with Crippen molar-refractivity contribution in [2.75, 3.05) is 5.32 Å². The molecule has 1 amide bonds. The molecule has 0 saturated heterocycles. The van der Waals surface area contributed by atoms with Crippen LogP contribution in [0.4, 0.5) is 5.69 Å². The van der Waals surface area contributed by atoms with Crippen molar-refractivity contribution in [1.82, 2.24) is 0 Å². The number of carbonyl (C=O) groups is 2. The van der Waals surface area contributed by atoms with Crippen LogP contribution < -0.4 is 5.32 Å². The summed E-state index contributed by atoms with van der Waals surface area (Å²) in [6.07, 6.45) is 2.52. The van der Waals surface area contributed by atoms with Crippen LogP contribution in [-0.2, 0) is 4.79 Å². The van der Waals surface area contributed by atoms with Crippen molar-refractivity contribution >= 4 is 39.6 Å². The lowest BCUT2D eigenvalue weighted by Gasteiger charge is -2.10. The number of aryl methyl sites for hydroxylation is 1. The van der Waals surface area contributed by atoms with Crippen LogP contribution in [0.3, 0.4) is 0 Å². The highest BCUT2D eigenvalue weighted by molar-refractivity contribution is 9.10. The Kier molecular flexibility index (Phi) is 5.12. The number of carboxylic acids is 1. The average Bonchev–Trinajstić information content (AvgIpc) is 2.48. The summed E-state index contributed by atoms with van der Waals surface area (Å²) in [4.78, 5) is 22.9. The maximum absolute atomic E-state index is 12.3. The molecule has 22 heavy (non-hydrogen) atoms. The molecule has 4 nitrogen and oxygen atoms in total. The monoisotopic (exact) mass is 359 g/mol. The van der Waals surface area contributed by atoms with Gasteiger partial charge in [0, 0.05) is 16.1 Å². The van der Waals surface area contributed by atoms with Crippen LogP contribution in [0.5, 0.6) is 0 Å². The Labute approximate surface area is 136 Å². The summed E-state index contributed by atoms with van der Waals surface area (Å²) in [6, 6.07) is 12.5. The molecule has 0 aliphatic rings. The fraction of sp³-hybridized carbons (Fsp3) is 0.0588. The van der Waals surface area contributed by atoms with E-state index in [9.17, 15) is 9.59 Å². The van der Waals surface area contributed by atoms with Gasteiger partial charge >= 0.3 is 5.97 Å². The van der Waals surface area contributed by atoms with E-state index in [2.05, 4.69) is 21.2 Å². The summed E-state index contributed by atoms with van der Waals surface area (Å²) in [7, 11) is 0. The zero-order chi connectivity index (χ0) is 16.1. The number of nitrogens with one attached hydrogen (secondary N) is 1. The van der Waals surface area contributed by atoms with Gasteiger partial charge in [-0.1, -0.05) is 24.3 Å². The second-order valence-corrected chi connectivity index (χ2v) is 5.53. The zero-order valence-corrected chi connectivity index (χ0v) is 13.4. The standard InChI is InChI=1S/C17H14BrNO3/c1-11-4-2-3-5-13(11)17(22)19-15-10-12(6-8-14(15)18)7-9-16(20)21/h2-10H,1H3,(H,19,22)(H,20,21)/b9-7+. The second-order valence-electron chi connectivity index (χ2n) is 4.68. The molecule has 0 fully saturated rings. The first kappa shape index (κ1) is 16.0. The number of anilines is 1. The number of halogens is 1. The van der Waals surface area contributed by atoms with Crippen molar-refractivity contribution in [3.05, 3.63) is 69.7 Å². The normalized spacial score (nSPS) is 10.6. The summed E-state index contributed by atoms with van der Waals surface area (Å²) >= 11 is 3.37. The topological polar surface area (TPSA) is 66.4 Å². The van der Waals surface area contributed by atoms with Crippen LogP contribution in [0.25, 0.3) is 6.08 Å². The first-order valence-electron chi connectivity index (χ1n) is 6.55. The highest BCUT2D eigenvalue weighted by Gasteiger charge is 2.10. The molecule has 2 N–H and O–H groups in total. The lowest BCUT2D eigenvalue weighted by Crippen LogP contribution is -2.13. The molecule has 0 aromatic heterocycles. The molecule has 0 spiro atoms. The Morgan fingerprint density at radius 3 is 2.59 bits per heavy atom. The van der Waals surface area contributed by atoms with E-state index in [0.29, 0.717) is 16.8 Å². The predicted molar refractivity (Wildman–Crippen MR) is 89.9 cm³/mol. The Morgan fingerprint density at radius 2 is 1.91 bits per heavy atom. The smallest absolute Gasteiger partial charge is 0.328 e. The van der Waals surface area contributed by atoms with Gasteiger partial charge in [-0.15, -0.1) is 0 Å². The molecule has 0 saturated carbocycles. The molecule has 112 valence electrons. The van der Waals surface area contributed by atoms with Crippen molar-refractivity contribution in [2.45, 2.75) is 6.92 Å². The summed E-state index contributed by atoms with van der Waals surface area (Å²) < 4.78 is 0.724. The van der Waals surface area contributed by atoms with Gasteiger partial charge in [0.05, 0.1) is 5.69 Å². The van der Waals surface area contributed by atoms with Crippen molar-refractivity contribution in [3.63, 3.8) is 0 Å². The van der Waals surface area contributed by atoms with Gasteiger partial charge in [0.2, 0.25) is 0 Å². The highest BCUT2D eigenvalue weighted by atomic mass is 79.9. The average molecular weight is 360 g/mol. The zero-order valence-electron chi connectivity index (χ0n) is 11.8. The van der Waals surface area contributed by atoms with Crippen LogP contribution in [0, 0.1) is 6.92 Å². The SMILES string of the molecule is Cc1ccccc1C(=O)Nc1cc(/C=C/C(=O)O)ccc1Br. The number of aliphatic carboxylic acids is 1. The minimum absolute atomic E-state index is 0.210. The fourth-order valence-electron chi connectivity index (χ4n) is 1.93. The van der Waals surface area contributed by atoms with E-state index in [-0.39, 0.29) is 5.91 Å². The van der Waals surface area contributed by atoms with Gasteiger partial charge in [0.15, 0.2) is 0 Å². The van der Waals surface area contributed by atoms with Gasteiger partial charge in [-0.25, -0.2) is 4.79 Å². The number of hydrogen-bond acceptors (Lipinski definition) is 2. The van der Waals surface area contributed by atoms with E-state index >= 15 is 0 Å². The molecule has 2 rings (SSSR count). The molecule has 0 radical (unpaired) electrons. The van der Waals surface area contributed by atoms with E-state index < -0.39 is 5.97 Å².